The Morgan fingerprint density at radius 2 is 1.97 bits per heavy atom. The first-order chi connectivity index (χ1) is 15.1. The van der Waals surface area contributed by atoms with Crippen LogP contribution in [0.3, 0.4) is 0 Å². The highest BCUT2D eigenvalue weighted by Gasteiger charge is 2.24. The standard InChI is InChI=1S/C23H26ClN3O3S/c1-3-30-18-7-5-17(6-8-18)22(28)27(11-10-26-12-14-29-15-13-26)23-25-20-16(2)4-9-19(24)21(20)31-23/h4-9H,3,10-15H2,1-2H3. The van der Waals surface area contributed by atoms with Gasteiger partial charge in [0, 0.05) is 31.7 Å². The van der Waals surface area contributed by atoms with E-state index in [2.05, 4.69) is 4.90 Å². The summed E-state index contributed by atoms with van der Waals surface area (Å²) >= 11 is 7.88. The first-order valence-corrected chi connectivity index (χ1v) is 11.7. The molecule has 1 aliphatic rings. The van der Waals surface area contributed by atoms with Crippen LogP contribution in [0.15, 0.2) is 36.4 Å². The highest BCUT2D eigenvalue weighted by Crippen LogP contribution is 2.36. The van der Waals surface area contributed by atoms with E-state index in [1.165, 1.54) is 11.3 Å². The number of carbonyl (C=O) groups excluding carboxylic acids is 1. The van der Waals surface area contributed by atoms with E-state index in [1.54, 1.807) is 17.0 Å². The predicted molar refractivity (Wildman–Crippen MR) is 126 cm³/mol. The molecule has 0 aliphatic carbocycles. The molecule has 0 spiro atoms. The Labute approximate surface area is 191 Å². The minimum absolute atomic E-state index is 0.0795. The molecular weight excluding hydrogens is 434 g/mol. The number of benzene rings is 2. The number of nitrogens with zero attached hydrogens (tertiary/aromatic N) is 3. The van der Waals surface area contributed by atoms with Crippen LogP contribution in [0.2, 0.25) is 5.02 Å². The minimum atomic E-state index is -0.0795. The van der Waals surface area contributed by atoms with E-state index in [9.17, 15) is 4.79 Å². The summed E-state index contributed by atoms with van der Waals surface area (Å²) < 4.78 is 11.9. The van der Waals surface area contributed by atoms with E-state index in [1.807, 2.05) is 38.1 Å². The molecular formula is C23H26ClN3O3S. The minimum Gasteiger partial charge on any atom is -0.494 e. The topological polar surface area (TPSA) is 54.9 Å². The molecule has 3 aromatic rings. The summed E-state index contributed by atoms with van der Waals surface area (Å²) in [6.07, 6.45) is 0. The summed E-state index contributed by atoms with van der Waals surface area (Å²) in [6, 6.07) is 11.1. The van der Waals surface area contributed by atoms with Crippen LogP contribution in [0, 0.1) is 6.92 Å². The quantitative estimate of drug-likeness (QED) is 0.515. The van der Waals surface area contributed by atoms with Gasteiger partial charge in [0.15, 0.2) is 5.13 Å². The van der Waals surface area contributed by atoms with Crippen LogP contribution >= 0.6 is 22.9 Å². The molecule has 0 unspecified atom stereocenters. The average Bonchev–Trinajstić information content (AvgIpc) is 3.24. The predicted octanol–water partition coefficient (Wildman–Crippen LogP) is 4.64. The Bertz CT molecular complexity index is 1010. The summed E-state index contributed by atoms with van der Waals surface area (Å²) in [4.78, 5) is 22.4. The van der Waals surface area contributed by atoms with Crippen LogP contribution in [-0.2, 0) is 4.74 Å². The number of anilines is 1. The monoisotopic (exact) mass is 459 g/mol. The van der Waals surface area contributed by atoms with Crippen molar-refractivity contribution < 1.29 is 14.3 Å². The molecule has 31 heavy (non-hydrogen) atoms. The van der Waals surface area contributed by atoms with Gasteiger partial charge in [-0.1, -0.05) is 29.0 Å². The normalized spacial score (nSPS) is 14.7. The molecule has 0 bridgehead atoms. The molecule has 0 atom stereocenters. The fourth-order valence-electron chi connectivity index (χ4n) is 3.57. The first-order valence-electron chi connectivity index (χ1n) is 10.5. The van der Waals surface area contributed by atoms with Crippen molar-refractivity contribution in [2.24, 2.45) is 0 Å². The third-order valence-corrected chi connectivity index (χ3v) is 6.86. The molecule has 1 aliphatic heterocycles. The molecule has 6 nitrogen and oxygen atoms in total. The molecule has 0 saturated carbocycles. The second-order valence-electron chi connectivity index (χ2n) is 7.41. The molecule has 1 fully saturated rings. The maximum Gasteiger partial charge on any atom is 0.260 e. The van der Waals surface area contributed by atoms with Crippen molar-refractivity contribution in [2.45, 2.75) is 13.8 Å². The highest BCUT2D eigenvalue weighted by molar-refractivity contribution is 7.23. The first kappa shape index (κ1) is 22.0. The lowest BCUT2D eigenvalue weighted by Gasteiger charge is -2.29. The number of thiazole rings is 1. The van der Waals surface area contributed by atoms with Gasteiger partial charge in [-0.3, -0.25) is 14.6 Å². The van der Waals surface area contributed by atoms with E-state index >= 15 is 0 Å². The van der Waals surface area contributed by atoms with Crippen LogP contribution in [0.1, 0.15) is 22.8 Å². The van der Waals surface area contributed by atoms with E-state index in [4.69, 9.17) is 26.1 Å². The number of morpholine rings is 1. The molecule has 4 rings (SSSR count). The summed E-state index contributed by atoms with van der Waals surface area (Å²) in [7, 11) is 0. The number of halogens is 1. The number of hydrogen-bond acceptors (Lipinski definition) is 6. The molecule has 8 heteroatoms. The molecule has 0 radical (unpaired) electrons. The number of ether oxygens (including phenoxy) is 2. The Kier molecular flexibility index (Phi) is 7.07. The SMILES string of the molecule is CCOc1ccc(C(=O)N(CCN2CCOCC2)c2nc3c(C)ccc(Cl)c3s2)cc1. The van der Waals surface area contributed by atoms with Crippen molar-refractivity contribution in [3.63, 3.8) is 0 Å². The Balaban J connectivity index is 1.64. The smallest absolute Gasteiger partial charge is 0.260 e. The number of carbonyl (C=O) groups is 1. The van der Waals surface area contributed by atoms with Gasteiger partial charge in [0.25, 0.3) is 5.91 Å². The lowest BCUT2D eigenvalue weighted by atomic mass is 10.2. The van der Waals surface area contributed by atoms with Crippen LogP contribution in [-0.4, -0.2) is 61.8 Å². The van der Waals surface area contributed by atoms with Crippen molar-refractivity contribution in [3.05, 3.63) is 52.5 Å². The molecule has 0 N–H and O–H groups in total. The van der Waals surface area contributed by atoms with Crippen molar-refractivity contribution in [1.29, 1.82) is 0 Å². The number of aromatic nitrogens is 1. The zero-order valence-corrected chi connectivity index (χ0v) is 19.3. The number of fused-ring (bicyclic) bond motifs is 1. The fourth-order valence-corrected chi connectivity index (χ4v) is 4.91. The molecule has 2 heterocycles. The molecule has 2 aromatic carbocycles. The van der Waals surface area contributed by atoms with E-state index in [0.29, 0.717) is 28.9 Å². The van der Waals surface area contributed by atoms with Crippen molar-refractivity contribution >= 4 is 44.2 Å². The summed E-state index contributed by atoms with van der Waals surface area (Å²) in [6.45, 7) is 9.03. The van der Waals surface area contributed by atoms with Crippen LogP contribution in [0.5, 0.6) is 5.75 Å². The van der Waals surface area contributed by atoms with Gasteiger partial charge < -0.3 is 9.47 Å². The number of amides is 1. The number of hydrogen-bond donors (Lipinski definition) is 0. The van der Waals surface area contributed by atoms with Crippen LogP contribution in [0.25, 0.3) is 10.2 Å². The molecule has 164 valence electrons. The average molecular weight is 460 g/mol. The lowest BCUT2D eigenvalue weighted by Crippen LogP contribution is -2.43. The lowest BCUT2D eigenvalue weighted by molar-refractivity contribution is 0.0391. The number of aryl methyl sites for hydroxylation is 1. The van der Waals surface area contributed by atoms with Crippen molar-refractivity contribution in [2.75, 3.05) is 50.9 Å². The third kappa shape index (κ3) is 5.01. The third-order valence-electron chi connectivity index (χ3n) is 5.32. The van der Waals surface area contributed by atoms with Gasteiger partial charge in [0.1, 0.15) is 5.75 Å². The Morgan fingerprint density at radius 1 is 1.23 bits per heavy atom. The van der Waals surface area contributed by atoms with Crippen molar-refractivity contribution in [3.8, 4) is 5.75 Å². The van der Waals surface area contributed by atoms with Gasteiger partial charge in [-0.2, -0.15) is 0 Å². The summed E-state index contributed by atoms with van der Waals surface area (Å²) in [5.41, 5.74) is 2.50. The second kappa shape index (κ2) is 9.96. The zero-order valence-electron chi connectivity index (χ0n) is 17.8. The second-order valence-corrected chi connectivity index (χ2v) is 8.79. The Hall–Kier alpha value is -2.19. The highest BCUT2D eigenvalue weighted by atomic mass is 35.5. The van der Waals surface area contributed by atoms with Gasteiger partial charge in [-0.25, -0.2) is 4.98 Å². The summed E-state index contributed by atoms with van der Waals surface area (Å²) in [5, 5.41) is 1.32. The van der Waals surface area contributed by atoms with Gasteiger partial charge >= 0.3 is 0 Å². The Morgan fingerprint density at radius 3 is 2.65 bits per heavy atom. The van der Waals surface area contributed by atoms with Gasteiger partial charge in [0.05, 0.1) is 35.1 Å². The van der Waals surface area contributed by atoms with Gasteiger partial charge in [0.2, 0.25) is 0 Å². The zero-order chi connectivity index (χ0) is 21.8. The molecule has 1 amide bonds. The number of rotatable bonds is 7. The van der Waals surface area contributed by atoms with Gasteiger partial charge in [-0.05, 0) is 49.7 Å². The maximum atomic E-state index is 13.5. The van der Waals surface area contributed by atoms with E-state index in [0.717, 1.165) is 54.4 Å². The molecule has 1 aromatic heterocycles. The largest absolute Gasteiger partial charge is 0.494 e. The maximum absolute atomic E-state index is 13.5. The van der Waals surface area contributed by atoms with E-state index in [-0.39, 0.29) is 5.91 Å². The molecule has 1 saturated heterocycles. The van der Waals surface area contributed by atoms with Crippen LogP contribution < -0.4 is 9.64 Å². The van der Waals surface area contributed by atoms with Crippen molar-refractivity contribution in [1.82, 2.24) is 9.88 Å². The van der Waals surface area contributed by atoms with Gasteiger partial charge in [-0.15, -0.1) is 0 Å². The van der Waals surface area contributed by atoms with E-state index < -0.39 is 0 Å². The summed E-state index contributed by atoms with van der Waals surface area (Å²) in [5.74, 6) is 0.672. The fraction of sp³-hybridized carbons (Fsp3) is 0.391. The van der Waals surface area contributed by atoms with Crippen LogP contribution in [0.4, 0.5) is 5.13 Å².